The normalized spacial score (nSPS) is 9.67. The first-order valence-electron chi connectivity index (χ1n) is 5.80. The molecule has 2 N–H and O–H groups in total. The highest BCUT2D eigenvalue weighted by Gasteiger charge is 2.20. The fourth-order valence-corrected chi connectivity index (χ4v) is 1.69. The quantitative estimate of drug-likeness (QED) is 0.662. The summed E-state index contributed by atoms with van der Waals surface area (Å²) in [6.07, 6.45) is 0. The highest BCUT2D eigenvalue weighted by atomic mass is 16.6. The monoisotopic (exact) mass is 283 g/mol. The maximum atomic E-state index is 12.1. The molecular formula is C14H9N3O4. The first kappa shape index (κ1) is 14.0. The van der Waals surface area contributed by atoms with Crippen LogP contribution >= 0.6 is 0 Å². The fraction of sp³-hybridized carbons (Fsp3) is 0. The third kappa shape index (κ3) is 3.13. The molecule has 0 aliphatic carbocycles. The molecule has 2 rings (SSSR count). The smallest absolute Gasteiger partial charge is 0.282 e. The summed E-state index contributed by atoms with van der Waals surface area (Å²) in [7, 11) is 0. The molecule has 0 spiro atoms. The molecule has 0 heterocycles. The SMILES string of the molecule is N#Cc1ccc(NC(=O)c2cc(O)ccc2[N+](=O)[O-])cc1. The van der Waals surface area contributed by atoms with E-state index in [4.69, 9.17) is 5.26 Å². The van der Waals surface area contributed by atoms with Gasteiger partial charge in [0.1, 0.15) is 11.3 Å². The van der Waals surface area contributed by atoms with Gasteiger partial charge in [-0.25, -0.2) is 0 Å². The van der Waals surface area contributed by atoms with E-state index in [0.29, 0.717) is 11.3 Å². The van der Waals surface area contributed by atoms with Gasteiger partial charge in [0.15, 0.2) is 0 Å². The third-order valence-corrected chi connectivity index (χ3v) is 2.69. The first-order chi connectivity index (χ1) is 10.0. The summed E-state index contributed by atoms with van der Waals surface area (Å²) < 4.78 is 0. The number of carbonyl (C=O) groups excluding carboxylic acids is 1. The van der Waals surface area contributed by atoms with Crippen molar-refractivity contribution in [3.63, 3.8) is 0 Å². The van der Waals surface area contributed by atoms with Crippen LogP contribution in [0.25, 0.3) is 0 Å². The lowest BCUT2D eigenvalue weighted by molar-refractivity contribution is -0.385. The van der Waals surface area contributed by atoms with Gasteiger partial charge in [-0.3, -0.25) is 14.9 Å². The Kier molecular flexibility index (Phi) is 3.81. The molecule has 21 heavy (non-hydrogen) atoms. The molecule has 0 unspecified atom stereocenters. The number of nitrogens with zero attached hydrogens (tertiary/aromatic N) is 2. The van der Waals surface area contributed by atoms with Gasteiger partial charge in [-0.1, -0.05) is 0 Å². The minimum Gasteiger partial charge on any atom is -0.508 e. The number of hydrogen-bond acceptors (Lipinski definition) is 5. The summed E-state index contributed by atoms with van der Waals surface area (Å²) in [5, 5.41) is 31.4. The Hall–Kier alpha value is -3.40. The lowest BCUT2D eigenvalue weighted by Gasteiger charge is -2.06. The maximum Gasteiger partial charge on any atom is 0.282 e. The summed E-state index contributed by atoms with van der Waals surface area (Å²) in [6.45, 7) is 0. The molecule has 7 heteroatoms. The molecule has 0 saturated heterocycles. The van der Waals surface area contributed by atoms with Gasteiger partial charge >= 0.3 is 0 Å². The Labute approximate surface area is 119 Å². The lowest BCUT2D eigenvalue weighted by atomic mass is 10.1. The molecular weight excluding hydrogens is 274 g/mol. The van der Waals surface area contributed by atoms with Gasteiger partial charge in [-0.2, -0.15) is 5.26 Å². The second-order valence-electron chi connectivity index (χ2n) is 4.10. The van der Waals surface area contributed by atoms with Crippen LogP contribution in [0.4, 0.5) is 11.4 Å². The summed E-state index contributed by atoms with van der Waals surface area (Å²) in [4.78, 5) is 22.2. The van der Waals surface area contributed by atoms with Gasteiger partial charge < -0.3 is 10.4 Å². The number of nitro benzene ring substituents is 1. The zero-order valence-electron chi connectivity index (χ0n) is 10.6. The molecule has 0 aliphatic heterocycles. The Morgan fingerprint density at radius 2 is 1.90 bits per heavy atom. The van der Waals surface area contributed by atoms with Gasteiger partial charge in [0.25, 0.3) is 11.6 Å². The Bertz CT molecular complexity index is 748. The van der Waals surface area contributed by atoms with E-state index in [1.54, 1.807) is 0 Å². The van der Waals surface area contributed by atoms with E-state index in [0.717, 1.165) is 18.2 Å². The average molecular weight is 283 g/mol. The van der Waals surface area contributed by atoms with Crippen LogP contribution in [-0.4, -0.2) is 15.9 Å². The van der Waals surface area contributed by atoms with Crippen LogP contribution in [0.2, 0.25) is 0 Å². The van der Waals surface area contributed by atoms with E-state index in [1.807, 2.05) is 6.07 Å². The number of nitriles is 1. The van der Waals surface area contributed by atoms with Crippen LogP contribution < -0.4 is 5.32 Å². The number of amides is 1. The largest absolute Gasteiger partial charge is 0.508 e. The van der Waals surface area contributed by atoms with Gasteiger partial charge in [0.2, 0.25) is 0 Å². The van der Waals surface area contributed by atoms with Gasteiger partial charge in [-0.05, 0) is 36.4 Å². The molecule has 0 bridgehead atoms. The minimum atomic E-state index is -0.720. The highest BCUT2D eigenvalue weighted by Crippen LogP contribution is 2.24. The van der Waals surface area contributed by atoms with E-state index in [9.17, 15) is 20.0 Å². The number of hydrogen-bond donors (Lipinski definition) is 2. The van der Waals surface area contributed by atoms with Gasteiger partial charge in [0, 0.05) is 11.8 Å². The second-order valence-corrected chi connectivity index (χ2v) is 4.10. The van der Waals surface area contributed by atoms with Crippen LogP contribution in [0.1, 0.15) is 15.9 Å². The van der Waals surface area contributed by atoms with Crippen LogP contribution in [0, 0.1) is 21.4 Å². The number of rotatable bonds is 3. The van der Waals surface area contributed by atoms with Crippen molar-refractivity contribution in [2.24, 2.45) is 0 Å². The molecule has 2 aromatic carbocycles. The molecule has 104 valence electrons. The summed E-state index contributed by atoms with van der Waals surface area (Å²) >= 11 is 0. The number of carbonyl (C=O) groups is 1. The van der Waals surface area contributed by atoms with Crippen molar-refractivity contribution in [2.45, 2.75) is 0 Å². The van der Waals surface area contributed by atoms with Gasteiger partial charge in [-0.15, -0.1) is 0 Å². The van der Waals surface area contributed by atoms with Crippen molar-refractivity contribution in [2.75, 3.05) is 5.32 Å². The predicted molar refractivity (Wildman–Crippen MR) is 73.9 cm³/mol. The Morgan fingerprint density at radius 3 is 2.48 bits per heavy atom. The minimum absolute atomic E-state index is 0.245. The van der Waals surface area contributed by atoms with Gasteiger partial charge in [0.05, 0.1) is 16.6 Å². The van der Waals surface area contributed by atoms with Crippen molar-refractivity contribution < 1.29 is 14.8 Å². The van der Waals surface area contributed by atoms with Crippen LogP contribution in [-0.2, 0) is 0 Å². The topological polar surface area (TPSA) is 116 Å². The molecule has 0 fully saturated rings. The first-order valence-corrected chi connectivity index (χ1v) is 5.80. The van der Waals surface area contributed by atoms with Crippen molar-refractivity contribution in [1.82, 2.24) is 0 Å². The number of phenols is 1. The number of nitro groups is 1. The van der Waals surface area contributed by atoms with Crippen LogP contribution in [0.15, 0.2) is 42.5 Å². The molecule has 0 saturated carbocycles. The van der Waals surface area contributed by atoms with E-state index in [-0.39, 0.29) is 11.3 Å². The fourth-order valence-electron chi connectivity index (χ4n) is 1.69. The second kappa shape index (κ2) is 5.71. The Morgan fingerprint density at radius 1 is 1.24 bits per heavy atom. The van der Waals surface area contributed by atoms with E-state index in [2.05, 4.69) is 5.32 Å². The lowest BCUT2D eigenvalue weighted by Crippen LogP contribution is -2.13. The molecule has 7 nitrogen and oxygen atoms in total. The van der Waals surface area contributed by atoms with E-state index < -0.39 is 16.5 Å². The van der Waals surface area contributed by atoms with Crippen molar-refractivity contribution in [1.29, 1.82) is 5.26 Å². The predicted octanol–water partition coefficient (Wildman–Crippen LogP) is 2.42. The zero-order chi connectivity index (χ0) is 15.4. The van der Waals surface area contributed by atoms with Crippen molar-refractivity contribution in [3.05, 3.63) is 63.7 Å². The van der Waals surface area contributed by atoms with E-state index in [1.165, 1.54) is 24.3 Å². The average Bonchev–Trinajstić information content (AvgIpc) is 2.47. The molecule has 0 radical (unpaired) electrons. The molecule has 0 aliphatic rings. The standard InChI is InChI=1S/C14H9N3O4/c15-8-9-1-3-10(4-2-9)16-14(19)12-7-11(18)5-6-13(12)17(20)21/h1-7,18H,(H,16,19). The summed E-state index contributed by atoms with van der Waals surface area (Å²) in [5.41, 5.74) is 0.163. The Balaban J connectivity index is 2.29. The third-order valence-electron chi connectivity index (χ3n) is 2.69. The summed E-state index contributed by atoms with van der Waals surface area (Å²) in [5.74, 6) is -0.965. The molecule has 2 aromatic rings. The number of aromatic hydroxyl groups is 1. The number of nitrogens with one attached hydrogen (secondary N) is 1. The number of anilines is 1. The van der Waals surface area contributed by atoms with Crippen molar-refractivity contribution in [3.8, 4) is 11.8 Å². The van der Waals surface area contributed by atoms with Crippen LogP contribution in [0.3, 0.4) is 0 Å². The zero-order valence-corrected chi connectivity index (χ0v) is 10.6. The molecule has 0 atom stereocenters. The number of benzene rings is 2. The molecule has 0 aromatic heterocycles. The highest BCUT2D eigenvalue weighted by molar-refractivity contribution is 6.07. The van der Waals surface area contributed by atoms with E-state index >= 15 is 0 Å². The van der Waals surface area contributed by atoms with Crippen molar-refractivity contribution >= 4 is 17.3 Å². The number of phenolic OH excluding ortho intramolecular Hbond substituents is 1. The van der Waals surface area contributed by atoms with Crippen LogP contribution in [0.5, 0.6) is 5.75 Å². The summed E-state index contributed by atoms with van der Waals surface area (Å²) in [6, 6.07) is 11.2. The molecule has 1 amide bonds. The maximum absolute atomic E-state index is 12.1.